The monoisotopic (exact) mass is 453 g/mol. The zero-order chi connectivity index (χ0) is 21.2. The first-order chi connectivity index (χ1) is 15.2. The van der Waals surface area contributed by atoms with Crippen molar-refractivity contribution in [3.8, 4) is 22.1 Å². The Kier molecular flexibility index (Phi) is 5.77. The summed E-state index contributed by atoms with van der Waals surface area (Å²) in [5, 5.41) is 9.54. The quantitative estimate of drug-likeness (QED) is 0.445. The molecule has 31 heavy (non-hydrogen) atoms. The van der Waals surface area contributed by atoms with Gasteiger partial charge in [0.2, 0.25) is 16.5 Å². The van der Waals surface area contributed by atoms with Gasteiger partial charge in [-0.15, -0.1) is 11.3 Å². The second kappa shape index (κ2) is 8.83. The molecule has 10 heteroatoms. The second-order valence-electron chi connectivity index (χ2n) is 7.62. The number of nitrogens with zero attached hydrogens (tertiary/aromatic N) is 6. The third-order valence-corrected chi connectivity index (χ3v) is 6.64. The Morgan fingerprint density at radius 2 is 1.87 bits per heavy atom. The fourth-order valence-electron chi connectivity index (χ4n) is 3.71. The van der Waals surface area contributed by atoms with Crippen LogP contribution in [0, 0.1) is 11.7 Å². The Morgan fingerprint density at radius 3 is 2.65 bits per heavy atom. The van der Waals surface area contributed by atoms with Crippen molar-refractivity contribution in [1.29, 1.82) is 0 Å². The average Bonchev–Trinajstić information content (AvgIpc) is 3.52. The number of aryl methyl sites for hydroxylation is 1. The molecule has 0 aliphatic carbocycles. The SMILES string of the molecule is Cc1ccccc1-c1noc(CN2CCN(Cn3[nH]c(-c4cccs4)nc3=S)CC2)n1. The van der Waals surface area contributed by atoms with E-state index in [0.717, 1.165) is 48.0 Å². The first-order valence-electron chi connectivity index (χ1n) is 10.2. The minimum atomic E-state index is 0.584. The normalized spacial score (nSPS) is 15.5. The van der Waals surface area contributed by atoms with Crippen molar-refractivity contribution in [3.05, 3.63) is 58.0 Å². The fourth-order valence-corrected chi connectivity index (χ4v) is 4.57. The summed E-state index contributed by atoms with van der Waals surface area (Å²) in [5.41, 5.74) is 2.16. The first kappa shape index (κ1) is 20.3. The second-order valence-corrected chi connectivity index (χ2v) is 8.94. The molecule has 0 spiro atoms. The standard InChI is InChI=1S/C21H23N7OS2/c1-15-5-2-3-6-16(15)19-22-18(29-25-19)13-26-8-10-27(11-9-26)14-28-21(30)23-20(24-28)17-7-4-12-31-17/h2-7,12H,8-11,13-14H2,1H3,(H,23,24,30). The largest absolute Gasteiger partial charge is 0.338 e. The van der Waals surface area contributed by atoms with Gasteiger partial charge in [0.1, 0.15) is 0 Å². The van der Waals surface area contributed by atoms with Crippen LogP contribution in [-0.4, -0.2) is 60.9 Å². The van der Waals surface area contributed by atoms with Crippen LogP contribution in [0.15, 0.2) is 46.3 Å². The minimum Gasteiger partial charge on any atom is -0.338 e. The van der Waals surface area contributed by atoms with Gasteiger partial charge in [0.25, 0.3) is 0 Å². The van der Waals surface area contributed by atoms with Gasteiger partial charge in [0.15, 0.2) is 5.82 Å². The van der Waals surface area contributed by atoms with Gasteiger partial charge in [-0.1, -0.05) is 35.5 Å². The summed E-state index contributed by atoms with van der Waals surface area (Å²) in [5.74, 6) is 2.14. The Balaban J connectivity index is 1.16. The van der Waals surface area contributed by atoms with Gasteiger partial charge in [-0.3, -0.25) is 14.9 Å². The lowest BCUT2D eigenvalue weighted by Gasteiger charge is -2.33. The van der Waals surface area contributed by atoms with Gasteiger partial charge < -0.3 is 4.52 Å². The number of aromatic amines is 1. The maximum Gasteiger partial charge on any atom is 0.241 e. The summed E-state index contributed by atoms with van der Waals surface area (Å²) in [6, 6.07) is 12.1. The average molecular weight is 454 g/mol. The molecule has 3 aromatic heterocycles. The van der Waals surface area contributed by atoms with E-state index in [0.29, 0.717) is 29.7 Å². The van der Waals surface area contributed by atoms with Gasteiger partial charge in [-0.05, 0) is 36.2 Å². The highest BCUT2D eigenvalue weighted by Gasteiger charge is 2.20. The first-order valence-corrected chi connectivity index (χ1v) is 11.5. The van der Waals surface area contributed by atoms with Crippen LogP contribution in [0.1, 0.15) is 11.5 Å². The van der Waals surface area contributed by atoms with Gasteiger partial charge in [0, 0.05) is 31.7 Å². The maximum absolute atomic E-state index is 5.51. The van der Waals surface area contributed by atoms with Crippen molar-refractivity contribution in [2.45, 2.75) is 20.1 Å². The predicted octanol–water partition coefficient (Wildman–Crippen LogP) is 3.80. The summed E-state index contributed by atoms with van der Waals surface area (Å²) in [6.07, 6.45) is 0. The van der Waals surface area contributed by atoms with Crippen molar-refractivity contribution in [2.75, 3.05) is 26.2 Å². The van der Waals surface area contributed by atoms with Gasteiger partial charge in [-0.2, -0.15) is 9.97 Å². The highest BCUT2D eigenvalue weighted by Crippen LogP contribution is 2.22. The number of aromatic nitrogens is 5. The molecule has 1 fully saturated rings. The van der Waals surface area contributed by atoms with E-state index in [2.05, 4.69) is 43.0 Å². The van der Waals surface area contributed by atoms with E-state index in [-0.39, 0.29) is 0 Å². The van der Waals surface area contributed by atoms with Gasteiger partial charge >= 0.3 is 0 Å². The molecule has 0 unspecified atom stereocenters. The Bertz CT molecular complexity index is 1200. The summed E-state index contributed by atoms with van der Waals surface area (Å²) < 4.78 is 8.03. The van der Waals surface area contributed by atoms with E-state index in [1.807, 2.05) is 40.4 Å². The van der Waals surface area contributed by atoms with Crippen LogP contribution in [-0.2, 0) is 13.2 Å². The number of thiophene rings is 1. The lowest BCUT2D eigenvalue weighted by molar-refractivity contribution is 0.0910. The van der Waals surface area contributed by atoms with E-state index in [9.17, 15) is 0 Å². The van der Waals surface area contributed by atoms with E-state index in [1.54, 1.807) is 11.3 Å². The molecule has 1 saturated heterocycles. The van der Waals surface area contributed by atoms with Crippen molar-refractivity contribution in [1.82, 2.24) is 34.7 Å². The van der Waals surface area contributed by atoms with E-state index >= 15 is 0 Å². The smallest absolute Gasteiger partial charge is 0.241 e. The van der Waals surface area contributed by atoms with Crippen LogP contribution in [0.2, 0.25) is 0 Å². The van der Waals surface area contributed by atoms with Crippen LogP contribution in [0.3, 0.4) is 0 Å². The lowest BCUT2D eigenvalue weighted by atomic mass is 10.1. The summed E-state index contributed by atoms with van der Waals surface area (Å²) in [6.45, 7) is 7.17. The number of nitrogens with one attached hydrogen (secondary N) is 1. The van der Waals surface area contributed by atoms with Crippen LogP contribution in [0.25, 0.3) is 22.1 Å². The van der Waals surface area contributed by atoms with Crippen molar-refractivity contribution >= 4 is 23.6 Å². The number of benzene rings is 1. The molecule has 0 bridgehead atoms. The van der Waals surface area contributed by atoms with Crippen LogP contribution in [0.4, 0.5) is 0 Å². The zero-order valence-corrected chi connectivity index (χ0v) is 18.8. The Hall–Kier alpha value is -2.66. The Labute approximate surface area is 189 Å². The molecule has 1 aliphatic heterocycles. The maximum atomic E-state index is 5.51. The minimum absolute atomic E-state index is 0.584. The van der Waals surface area contributed by atoms with E-state index in [4.69, 9.17) is 16.7 Å². The predicted molar refractivity (Wildman–Crippen MR) is 122 cm³/mol. The topological polar surface area (TPSA) is 79.0 Å². The third kappa shape index (κ3) is 4.52. The van der Waals surface area contributed by atoms with Crippen LogP contribution < -0.4 is 0 Å². The molecule has 160 valence electrons. The van der Waals surface area contributed by atoms with Gasteiger partial charge in [-0.25, -0.2) is 4.68 Å². The number of piperazine rings is 1. The summed E-state index contributed by atoms with van der Waals surface area (Å²) in [4.78, 5) is 14.9. The molecule has 0 atom stereocenters. The number of H-pyrrole nitrogens is 1. The molecule has 4 heterocycles. The molecule has 1 aliphatic rings. The summed E-state index contributed by atoms with van der Waals surface area (Å²) in [7, 11) is 0. The molecular formula is C21H23N7OS2. The summed E-state index contributed by atoms with van der Waals surface area (Å²) >= 11 is 7.09. The lowest BCUT2D eigenvalue weighted by Crippen LogP contribution is -2.46. The van der Waals surface area contributed by atoms with Crippen molar-refractivity contribution < 1.29 is 4.52 Å². The Morgan fingerprint density at radius 1 is 1.06 bits per heavy atom. The van der Waals surface area contributed by atoms with E-state index < -0.39 is 0 Å². The van der Waals surface area contributed by atoms with Crippen LogP contribution >= 0.6 is 23.6 Å². The number of hydrogen-bond donors (Lipinski definition) is 1. The number of rotatable bonds is 6. The van der Waals surface area contributed by atoms with Crippen molar-refractivity contribution in [3.63, 3.8) is 0 Å². The fraction of sp³-hybridized carbons (Fsp3) is 0.333. The molecule has 5 rings (SSSR count). The number of hydrogen-bond acceptors (Lipinski definition) is 8. The van der Waals surface area contributed by atoms with Crippen LogP contribution in [0.5, 0.6) is 0 Å². The molecule has 0 amide bonds. The van der Waals surface area contributed by atoms with Crippen molar-refractivity contribution in [2.24, 2.45) is 0 Å². The highest BCUT2D eigenvalue weighted by molar-refractivity contribution is 7.71. The molecule has 0 radical (unpaired) electrons. The van der Waals surface area contributed by atoms with Gasteiger partial charge in [0.05, 0.1) is 18.1 Å². The molecule has 4 aromatic rings. The zero-order valence-electron chi connectivity index (χ0n) is 17.2. The molecule has 8 nitrogen and oxygen atoms in total. The van der Waals surface area contributed by atoms with E-state index in [1.165, 1.54) is 0 Å². The molecular weight excluding hydrogens is 430 g/mol. The molecule has 1 aromatic carbocycles. The molecule has 1 N–H and O–H groups in total. The molecule has 0 saturated carbocycles. The highest BCUT2D eigenvalue weighted by atomic mass is 32.1. The third-order valence-electron chi connectivity index (χ3n) is 5.45.